The minimum absolute atomic E-state index is 0.161. The summed E-state index contributed by atoms with van der Waals surface area (Å²) >= 11 is 14.6. The van der Waals surface area contributed by atoms with E-state index in [1.807, 2.05) is 23.6 Å². The number of benzene rings is 3. The van der Waals surface area contributed by atoms with Crippen LogP contribution in [0.5, 0.6) is 0 Å². The summed E-state index contributed by atoms with van der Waals surface area (Å²) in [7, 11) is 0. The number of aromatic nitrogens is 3. The predicted octanol–water partition coefficient (Wildman–Crippen LogP) is 7.61. The molecule has 5 nitrogen and oxygen atoms in total. The summed E-state index contributed by atoms with van der Waals surface area (Å²) in [4.78, 5) is 23.1. The molecule has 0 spiro atoms. The van der Waals surface area contributed by atoms with E-state index in [0.29, 0.717) is 34.0 Å². The third kappa shape index (κ3) is 4.68. The van der Waals surface area contributed by atoms with Gasteiger partial charge >= 0.3 is 0 Å². The van der Waals surface area contributed by atoms with Crippen LogP contribution in [0.2, 0.25) is 5.02 Å². The average molecular weight is 617 g/mol. The van der Waals surface area contributed by atoms with Crippen LogP contribution in [0.25, 0.3) is 27.8 Å². The Morgan fingerprint density at radius 1 is 1.03 bits per heavy atom. The number of nitrogens with one attached hydrogen (secondary N) is 1. The number of hydrogen-bond acceptors (Lipinski definition) is 5. The largest absolute Gasteiger partial charge is 0.354 e. The van der Waals surface area contributed by atoms with Gasteiger partial charge in [0.25, 0.3) is 5.56 Å². The second-order valence-corrected chi connectivity index (χ2v) is 10.8. The Hall–Kier alpha value is -2.52. The molecule has 0 aliphatic heterocycles. The lowest BCUT2D eigenvalue weighted by Gasteiger charge is -2.15. The summed E-state index contributed by atoms with van der Waals surface area (Å²) in [6.45, 7) is 2.38. The monoisotopic (exact) mass is 614 g/mol. The van der Waals surface area contributed by atoms with Gasteiger partial charge in [-0.2, -0.15) is 0 Å². The third-order valence-electron chi connectivity index (χ3n) is 5.29. The van der Waals surface area contributed by atoms with Crippen molar-refractivity contribution in [3.8, 4) is 16.9 Å². The van der Waals surface area contributed by atoms with Gasteiger partial charge in [-0.15, -0.1) is 11.3 Å². The highest BCUT2D eigenvalue weighted by Gasteiger charge is 2.16. The molecule has 0 aliphatic carbocycles. The Balaban J connectivity index is 1.54. The van der Waals surface area contributed by atoms with Crippen LogP contribution in [0.15, 0.2) is 79.8 Å². The number of halogens is 3. The van der Waals surface area contributed by atoms with E-state index in [2.05, 4.69) is 68.4 Å². The first kappa shape index (κ1) is 23.2. The zero-order valence-electron chi connectivity index (χ0n) is 17.8. The van der Waals surface area contributed by atoms with Crippen molar-refractivity contribution < 1.29 is 0 Å². The topological polar surface area (TPSA) is 59.8 Å². The van der Waals surface area contributed by atoms with Gasteiger partial charge < -0.3 is 5.32 Å². The molecule has 0 unspecified atom stereocenters. The Morgan fingerprint density at radius 2 is 1.76 bits per heavy atom. The van der Waals surface area contributed by atoms with Crippen LogP contribution in [-0.2, 0) is 6.54 Å². The van der Waals surface area contributed by atoms with E-state index in [0.717, 1.165) is 25.3 Å². The number of rotatable bonds is 5. The van der Waals surface area contributed by atoms with Crippen molar-refractivity contribution in [2.75, 3.05) is 5.32 Å². The van der Waals surface area contributed by atoms with Crippen molar-refractivity contribution in [1.82, 2.24) is 14.5 Å². The summed E-state index contributed by atoms with van der Waals surface area (Å²) in [5, 5.41) is 7.22. The maximum atomic E-state index is 13.6. The van der Waals surface area contributed by atoms with Gasteiger partial charge in [-0.05, 0) is 59.3 Å². The molecule has 0 saturated heterocycles. The molecule has 34 heavy (non-hydrogen) atoms. The Bertz CT molecular complexity index is 1560. The van der Waals surface area contributed by atoms with Crippen molar-refractivity contribution in [3.05, 3.63) is 102 Å². The van der Waals surface area contributed by atoms with Crippen molar-refractivity contribution in [2.24, 2.45) is 0 Å². The van der Waals surface area contributed by atoms with E-state index < -0.39 is 0 Å². The SMILES string of the molecule is Cc1ccc(-c2csc(NCc3nc4c(Br)cc(Br)cc4c(=O)n3-c3ccc(Cl)cc3)n2)cc1. The summed E-state index contributed by atoms with van der Waals surface area (Å²) in [5.74, 6) is 0.565. The van der Waals surface area contributed by atoms with Gasteiger partial charge in [0.2, 0.25) is 0 Å². The zero-order chi connectivity index (χ0) is 23.8. The summed E-state index contributed by atoms with van der Waals surface area (Å²) in [5.41, 5.74) is 4.31. The molecule has 0 bridgehead atoms. The number of nitrogens with zero attached hydrogens (tertiary/aromatic N) is 3. The first-order valence-electron chi connectivity index (χ1n) is 10.3. The first-order valence-corrected chi connectivity index (χ1v) is 13.2. The smallest absolute Gasteiger partial charge is 0.266 e. The van der Waals surface area contributed by atoms with Crippen molar-refractivity contribution >= 4 is 70.8 Å². The normalized spacial score (nSPS) is 11.2. The van der Waals surface area contributed by atoms with Gasteiger partial charge in [0.05, 0.1) is 28.8 Å². The van der Waals surface area contributed by atoms with Gasteiger partial charge in [0.15, 0.2) is 5.13 Å². The molecule has 0 aliphatic rings. The summed E-state index contributed by atoms with van der Waals surface area (Å²) in [6.07, 6.45) is 0. The molecule has 2 heterocycles. The quantitative estimate of drug-likeness (QED) is 0.221. The Morgan fingerprint density at radius 3 is 2.50 bits per heavy atom. The highest BCUT2D eigenvalue weighted by Crippen LogP contribution is 2.28. The van der Waals surface area contributed by atoms with Crippen LogP contribution in [0.1, 0.15) is 11.4 Å². The first-order chi connectivity index (χ1) is 16.4. The molecular formula is C25H17Br2ClN4OS. The highest BCUT2D eigenvalue weighted by molar-refractivity contribution is 9.11. The lowest BCUT2D eigenvalue weighted by atomic mass is 10.1. The lowest BCUT2D eigenvalue weighted by molar-refractivity contribution is 0.838. The van der Waals surface area contributed by atoms with Crippen LogP contribution < -0.4 is 10.9 Å². The molecule has 0 radical (unpaired) electrons. The van der Waals surface area contributed by atoms with E-state index >= 15 is 0 Å². The van der Waals surface area contributed by atoms with Gasteiger partial charge in [-0.1, -0.05) is 57.4 Å². The molecule has 0 fully saturated rings. The molecule has 0 atom stereocenters. The van der Waals surface area contributed by atoms with Crippen LogP contribution in [0.3, 0.4) is 0 Å². The second-order valence-electron chi connectivity index (χ2n) is 7.69. The molecule has 170 valence electrons. The third-order valence-corrected chi connectivity index (χ3v) is 7.41. The van der Waals surface area contributed by atoms with E-state index in [4.69, 9.17) is 21.6 Å². The van der Waals surface area contributed by atoms with E-state index in [-0.39, 0.29) is 5.56 Å². The van der Waals surface area contributed by atoms with Crippen molar-refractivity contribution in [1.29, 1.82) is 0 Å². The number of hydrogen-bond donors (Lipinski definition) is 1. The van der Waals surface area contributed by atoms with Crippen molar-refractivity contribution in [3.63, 3.8) is 0 Å². The predicted molar refractivity (Wildman–Crippen MR) is 147 cm³/mol. The summed E-state index contributed by atoms with van der Waals surface area (Å²) in [6, 6.07) is 19.1. The molecule has 5 aromatic rings. The minimum Gasteiger partial charge on any atom is -0.354 e. The fraction of sp³-hybridized carbons (Fsp3) is 0.0800. The van der Waals surface area contributed by atoms with Crippen molar-refractivity contribution in [2.45, 2.75) is 13.5 Å². The average Bonchev–Trinajstić information content (AvgIpc) is 3.29. The highest BCUT2D eigenvalue weighted by atomic mass is 79.9. The molecular weight excluding hydrogens is 600 g/mol. The van der Waals surface area contributed by atoms with Crippen LogP contribution in [0, 0.1) is 6.92 Å². The van der Waals surface area contributed by atoms with E-state index in [9.17, 15) is 4.79 Å². The molecule has 5 rings (SSSR count). The van der Waals surface area contributed by atoms with E-state index in [1.54, 1.807) is 22.8 Å². The zero-order valence-corrected chi connectivity index (χ0v) is 22.6. The molecule has 3 aromatic carbocycles. The van der Waals surface area contributed by atoms with Crippen LogP contribution in [-0.4, -0.2) is 14.5 Å². The maximum absolute atomic E-state index is 13.6. The standard InChI is InChI=1S/C25H17Br2ClN4OS/c1-14-2-4-15(5-3-14)21-13-34-25(30-21)29-12-22-31-23-19(10-16(26)11-20(23)27)24(33)32(22)18-8-6-17(28)7-9-18/h2-11,13H,12H2,1H3,(H,29,30). The van der Waals surface area contributed by atoms with Gasteiger partial charge in [0, 0.05) is 24.9 Å². The molecule has 1 N–H and O–H groups in total. The number of thiazole rings is 1. The Kier molecular flexibility index (Phi) is 6.57. The minimum atomic E-state index is -0.161. The second kappa shape index (κ2) is 9.62. The summed E-state index contributed by atoms with van der Waals surface area (Å²) < 4.78 is 3.15. The van der Waals surface area contributed by atoms with Crippen LogP contribution in [0.4, 0.5) is 5.13 Å². The lowest BCUT2D eigenvalue weighted by Crippen LogP contribution is -2.25. The molecule has 2 aromatic heterocycles. The van der Waals surface area contributed by atoms with Gasteiger partial charge in [0.1, 0.15) is 5.82 Å². The molecule has 0 saturated carbocycles. The number of aryl methyl sites for hydroxylation is 1. The maximum Gasteiger partial charge on any atom is 0.266 e. The Labute approximate surface area is 221 Å². The van der Waals surface area contributed by atoms with Gasteiger partial charge in [-0.25, -0.2) is 9.97 Å². The molecule has 0 amide bonds. The number of anilines is 1. The number of fused-ring (bicyclic) bond motifs is 1. The van der Waals surface area contributed by atoms with Crippen LogP contribution >= 0.6 is 54.8 Å². The van der Waals surface area contributed by atoms with Gasteiger partial charge in [-0.3, -0.25) is 9.36 Å². The fourth-order valence-electron chi connectivity index (χ4n) is 3.60. The van der Waals surface area contributed by atoms with E-state index in [1.165, 1.54) is 16.9 Å². The fourth-order valence-corrected chi connectivity index (χ4v) is 5.76. The molecule has 9 heteroatoms.